The van der Waals surface area contributed by atoms with Gasteiger partial charge in [-0.15, -0.1) is 0 Å². The summed E-state index contributed by atoms with van der Waals surface area (Å²) in [5.41, 5.74) is 11.6. The molecule has 0 radical (unpaired) electrons. The Bertz CT molecular complexity index is 3140. The molecule has 0 aliphatic heterocycles. The van der Waals surface area contributed by atoms with E-state index in [1.807, 2.05) is 18.2 Å². The van der Waals surface area contributed by atoms with Crippen LogP contribution in [0.25, 0.3) is 94.3 Å². The van der Waals surface area contributed by atoms with Crippen LogP contribution in [0.2, 0.25) is 0 Å². The Morgan fingerprint density at radius 3 is 1.89 bits per heavy atom. The van der Waals surface area contributed by atoms with Crippen molar-refractivity contribution in [3.05, 3.63) is 181 Å². The van der Waals surface area contributed by atoms with Crippen LogP contribution in [0.15, 0.2) is 170 Å². The van der Waals surface area contributed by atoms with Gasteiger partial charge in [0.1, 0.15) is 0 Å². The highest BCUT2D eigenvalue weighted by Gasteiger charge is 2.35. The van der Waals surface area contributed by atoms with Crippen molar-refractivity contribution in [2.45, 2.75) is 19.3 Å². The molecular formula is C50H34N4. The van der Waals surface area contributed by atoms with Gasteiger partial charge >= 0.3 is 0 Å². The summed E-state index contributed by atoms with van der Waals surface area (Å²) < 4.78 is 2.30. The van der Waals surface area contributed by atoms with Crippen molar-refractivity contribution in [1.29, 1.82) is 0 Å². The number of rotatable bonds is 4. The van der Waals surface area contributed by atoms with Crippen LogP contribution in [0.1, 0.15) is 25.0 Å². The molecule has 1 aliphatic rings. The first-order chi connectivity index (χ1) is 26.5. The molecule has 2 aromatic heterocycles. The molecule has 11 rings (SSSR count). The van der Waals surface area contributed by atoms with E-state index in [0.29, 0.717) is 17.6 Å². The number of hydrogen-bond donors (Lipinski definition) is 0. The van der Waals surface area contributed by atoms with Gasteiger partial charge in [-0.3, -0.25) is 4.57 Å². The van der Waals surface area contributed by atoms with Crippen molar-refractivity contribution in [2.24, 2.45) is 0 Å². The summed E-state index contributed by atoms with van der Waals surface area (Å²) in [6.45, 7) is 4.69. The smallest absolute Gasteiger partial charge is 0.238 e. The molecular weight excluding hydrogens is 657 g/mol. The van der Waals surface area contributed by atoms with Crippen molar-refractivity contribution in [1.82, 2.24) is 19.5 Å². The van der Waals surface area contributed by atoms with Gasteiger partial charge in [-0.2, -0.15) is 9.97 Å². The van der Waals surface area contributed by atoms with Gasteiger partial charge in [0, 0.05) is 38.3 Å². The second-order valence-corrected chi connectivity index (χ2v) is 14.9. The average molecular weight is 691 g/mol. The number of para-hydroxylation sites is 1. The second-order valence-electron chi connectivity index (χ2n) is 14.9. The highest BCUT2D eigenvalue weighted by molar-refractivity contribution is 6.21. The summed E-state index contributed by atoms with van der Waals surface area (Å²) >= 11 is 0. The van der Waals surface area contributed by atoms with Gasteiger partial charge in [-0.1, -0.05) is 172 Å². The zero-order valence-electron chi connectivity index (χ0n) is 30.0. The lowest BCUT2D eigenvalue weighted by Gasteiger charge is -2.22. The molecule has 1 aliphatic carbocycles. The predicted molar refractivity (Wildman–Crippen MR) is 223 cm³/mol. The number of benzene rings is 8. The van der Waals surface area contributed by atoms with E-state index in [0.717, 1.165) is 49.3 Å². The van der Waals surface area contributed by atoms with E-state index in [1.54, 1.807) is 0 Å². The SMILES string of the molecule is CC1(C)c2ccccc2-c2ccc(-c3cccc4c5ccc6ccccc6c5n(-c5nc(-c6ccccc6)nc(-c6ccc7ccccc7c6)n5)c34)cc21. The van der Waals surface area contributed by atoms with E-state index in [4.69, 9.17) is 15.0 Å². The van der Waals surface area contributed by atoms with Crippen LogP contribution in [0, 0.1) is 0 Å². The number of fused-ring (bicyclic) bond motifs is 9. The van der Waals surface area contributed by atoms with Gasteiger partial charge in [-0.25, -0.2) is 4.98 Å². The largest absolute Gasteiger partial charge is 0.277 e. The zero-order chi connectivity index (χ0) is 36.0. The Balaban J connectivity index is 1.24. The molecule has 0 saturated carbocycles. The van der Waals surface area contributed by atoms with Crippen LogP contribution >= 0.6 is 0 Å². The van der Waals surface area contributed by atoms with Crippen LogP contribution in [0.3, 0.4) is 0 Å². The molecule has 8 aromatic carbocycles. The predicted octanol–water partition coefficient (Wildman–Crippen LogP) is 12.6. The molecule has 0 saturated heterocycles. The molecule has 10 aromatic rings. The molecule has 254 valence electrons. The lowest BCUT2D eigenvalue weighted by atomic mass is 9.81. The Kier molecular flexibility index (Phi) is 6.56. The summed E-state index contributed by atoms with van der Waals surface area (Å²) in [7, 11) is 0. The minimum Gasteiger partial charge on any atom is -0.277 e. The zero-order valence-corrected chi connectivity index (χ0v) is 30.0. The number of hydrogen-bond acceptors (Lipinski definition) is 3. The van der Waals surface area contributed by atoms with Crippen LogP contribution in [-0.2, 0) is 5.41 Å². The molecule has 0 N–H and O–H groups in total. The second kappa shape index (κ2) is 11.5. The summed E-state index contributed by atoms with van der Waals surface area (Å²) in [6, 6.07) is 60.7. The Morgan fingerprint density at radius 2 is 1.02 bits per heavy atom. The summed E-state index contributed by atoms with van der Waals surface area (Å²) in [6.07, 6.45) is 0. The normalized spacial score (nSPS) is 13.1. The lowest BCUT2D eigenvalue weighted by Crippen LogP contribution is -2.14. The van der Waals surface area contributed by atoms with Crippen molar-refractivity contribution in [2.75, 3.05) is 0 Å². The first-order valence-corrected chi connectivity index (χ1v) is 18.5. The quantitative estimate of drug-likeness (QED) is 0.185. The van der Waals surface area contributed by atoms with Crippen molar-refractivity contribution in [3.8, 4) is 51.0 Å². The summed E-state index contributed by atoms with van der Waals surface area (Å²) in [4.78, 5) is 15.8. The van der Waals surface area contributed by atoms with Crippen LogP contribution in [0.5, 0.6) is 0 Å². The van der Waals surface area contributed by atoms with Gasteiger partial charge in [0.25, 0.3) is 0 Å². The number of aromatic nitrogens is 4. The molecule has 4 heteroatoms. The molecule has 0 fully saturated rings. The fraction of sp³-hybridized carbons (Fsp3) is 0.0600. The molecule has 0 bridgehead atoms. The monoisotopic (exact) mass is 690 g/mol. The fourth-order valence-corrected chi connectivity index (χ4v) is 8.77. The third-order valence-electron chi connectivity index (χ3n) is 11.4. The van der Waals surface area contributed by atoms with E-state index < -0.39 is 0 Å². The minimum atomic E-state index is -0.119. The van der Waals surface area contributed by atoms with Crippen molar-refractivity contribution in [3.63, 3.8) is 0 Å². The van der Waals surface area contributed by atoms with Gasteiger partial charge in [0.2, 0.25) is 5.95 Å². The molecule has 0 spiro atoms. The molecule has 4 nitrogen and oxygen atoms in total. The summed E-state index contributed by atoms with van der Waals surface area (Å²) in [5, 5.41) is 6.96. The van der Waals surface area contributed by atoms with Gasteiger partial charge in [-0.05, 0) is 56.1 Å². The van der Waals surface area contributed by atoms with Crippen molar-refractivity contribution < 1.29 is 0 Å². The third-order valence-corrected chi connectivity index (χ3v) is 11.4. The van der Waals surface area contributed by atoms with Crippen LogP contribution in [0.4, 0.5) is 0 Å². The van der Waals surface area contributed by atoms with E-state index in [1.165, 1.54) is 38.6 Å². The lowest BCUT2D eigenvalue weighted by molar-refractivity contribution is 0.660. The van der Waals surface area contributed by atoms with E-state index >= 15 is 0 Å². The molecule has 2 heterocycles. The average Bonchev–Trinajstić information content (AvgIpc) is 3.69. The third kappa shape index (κ3) is 4.53. The van der Waals surface area contributed by atoms with E-state index in [2.05, 4.69) is 170 Å². The molecule has 0 atom stereocenters. The van der Waals surface area contributed by atoms with Crippen molar-refractivity contribution >= 4 is 43.4 Å². The van der Waals surface area contributed by atoms with Gasteiger partial charge in [0.15, 0.2) is 11.6 Å². The van der Waals surface area contributed by atoms with Crippen LogP contribution in [-0.4, -0.2) is 19.5 Å². The fourth-order valence-electron chi connectivity index (χ4n) is 8.77. The van der Waals surface area contributed by atoms with Gasteiger partial charge < -0.3 is 0 Å². The summed E-state index contributed by atoms with van der Waals surface area (Å²) in [5.74, 6) is 1.85. The standard InChI is InChI=1S/C50H34N4/c1-50(2)43-22-11-10-19-39(43)40-27-26-35(30-44(40)50)38-20-12-21-41-42-28-25-32-14-8-9-18-37(32)45(42)54(46(38)41)49-52-47(33-15-4-3-5-16-33)51-48(53-49)36-24-23-31-13-6-7-17-34(31)29-36/h3-30H,1-2H3. The first-order valence-electron chi connectivity index (χ1n) is 18.5. The molecule has 54 heavy (non-hydrogen) atoms. The highest BCUT2D eigenvalue weighted by Crippen LogP contribution is 2.50. The van der Waals surface area contributed by atoms with Gasteiger partial charge in [0.05, 0.1) is 11.0 Å². The molecule has 0 unspecified atom stereocenters. The van der Waals surface area contributed by atoms with E-state index in [-0.39, 0.29) is 5.41 Å². The Hall–Kier alpha value is -6.91. The first kappa shape index (κ1) is 30.7. The van der Waals surface area contributed by atoms with E-state index in [9.17, 15) is 0 Å². The highest BCUT2D eigenvalue weighted by atomic mass is 15.2. The Morgan fingerprint density at radius 1 is 0.389 bits per heavy atom. The topological polar surface area (TPSA) is 43.6 Å². The maximum absolute atomic E-state index is 5.37. The molecule has 0 amide bonds. The van der Waals surface area contributed by atoms with Crippen LogP contribution < -0.4 is 0 Å². The minimum absolute atomic E-state index is 0.119. The maximum Gasteiger partial charge on any atom is 0.238 e. The Labute approximate surface area is 313 Å². The number of nitrogens with zero attached hydrogens (tertiary/aromatic N) is 4. The maximum atomic E-state index is 5.37.